The number of H-pyrrole nitrogens is 1. The van der Waals surface area contributed by atoms with Gasteiger partial charge in [-0.15, -0.1) is 0 Å². The van der Waals surface area contributed by atoms with E-state index in [1.54, 1.807) is 11.2 Å². The number of rotatable bonds is 3. The summed E-state index contributed by atoms with van der Waals surface area (Å²) in [5.74, 6) is 0.618. The number of morpholine rings is 1. The maximum atomic E-state index is 12.5. The van der Waals surface area contributed by atoms with Crippen LogP contribution in [0.2, 0.25) is 0 Å². The van der Waals surface area contributed by atoms with Crippen LogP contribution in [0.3, 0.4) is 0 Å². The number of aromatic amines is 1. The first-order chi connectivity index (χ1) is 9.57. The summed E-state index contributed by atoms with van der Waals surface area (Å²) in [5.41, 5.74) is 0. The SMILES string of the molecule is Cc1ncc(S(=O)(=O)N2CCC(N3CCOCC3)C2)[nH]1. The van der Waals surface area contributed by atoms with Crippen molar-refractivity contribution in [1.29, 1.82) is 0 Å². The van der Waals surface area contributed by atoms with Crippen molar-refractivity contribution in [1.82, 2.24) is 19.2 Å². The Morgan fingerprint density at radius 2 is 2.10 bits per heavy atom. The third-order valence-corrected chi connectivity index (χ3v) is 5.76. The van der Waals surface area contributed by atoms with Gasteiger partial charge in [0.05, 0.1) is 19.4 Å². The zero-order valence-electron chi connectivity index (χ0n) is 11.6. The fraction of sp³-hybridized carbons (Fsp3) is 0.750. The number of aromatic nitrogens is 2. The average Bonchev–Trinajstić information content (AvgIpc) is 3.09. The van der Waals surface area contributed by atoms with E-state index in [1.807, 2.05) is 0 Å². The Morgan fingerprint density at radius 3 is 2.75 bits per heavy atom. The van der Waals surface area contributed by atoms with Crippen molar-refractivity contribution in [2.75, 3.05) is 39.4 Å². The highest BCUT2D eigenvalue weighted by Gasteiger charge is 2.36. The molecule has 20 heavy (non-hydrogen) atoms. The van der Waals surface area contributed by atoms with Crippen LogP contribution >= 0.6 is 0 Å². The van der Waals surface area contributed by atoms with E-state index in [4.69, 9.17) is 4.74 Å². The van der Waals surface area contributed by atoms with Crippen molar-refractivity contribution in [2.24, 2.45) is 0 Å². The molecule has 2 saturated heterocycles. The first-order valence-corrected chi connectivity index (χ1v) is 8.35. The summed E-state index contributed by atoms with van der Waals surface area (Å²) in [5, 5.41) is 0.192. The molecule has 8 heteroatoms. The molecule has 0 bridgehead atoms. The Hall–Kier alpha value is -0.960. The van der Waals surface area contributed by atoms with Crippen LogP contribution in [0.15, 0.2) is 11.2 Å². The molecule has 0 aliphatic carbocycles. The lowest BCUT2D eigenvalue weighted by Crippen LogP contribution is -2.45. The summed E-state index contributed by atoms with van der Waals surface area (Å²) >= 11 is 0. The van der Waals surface area contributed by atoms with E-state index < -0.39 is 10.0 Å². The number of hydrogen-bond donors (Lipinski definition) is 1. The lowest BCUT2D eigenvalue weighted by molar-refractivity contribution is 0.0197. The Kier molecular flexibility index (Phi) is 3.80. The van der Waals surface area contributed by atoms with Gasteiger partial charge in [-0.1, -0.05) is 0 Å². The highest BCUT2D eigenvalue weighted by atomic mass is 32.2. The van der Waals surface area contributed by atoms with Gasteiger partial charge in [-0.25, -0.2) is 13.4 Å². The Bertz CT molecular complexity index is 565. The maximum Gasteiger partial charge on any atom is 0.260 e. The molecular formula is C12H20N4O3S. The molecule has 0 aromatic carbocycles. The molecule has 3 heterocycles. The van der Waals surface area contributed by atoms with Gasteiger partial charge in [0.25, 0.3) is 10.0 Å². The molecule has 1 unspecified atom stereocenters. The average molecular weight is 300 g/mol. The van der Waals surface area contributed by atoms with Crippen LogP contribution in [-0.4, -0.2) is 73.0 Å². The van der Waals surface area contributed by atoms with Gasteiger partial charge in [0.2, 0.25) is 0 Å². The molecule has 0 saturated carbocycles. The highest BCUT2D eigenvalue weighted by molar-refractivity contribution is 7.89. The zero-order valence-corrected chi connectivity index (χ0v) is 12.4. The monoisotopic (exact) mass is 300 g/mol. The van der Waals surface area contributed by atoms with Crippen molar-refractivity contribution in [3.8, 4) is 0 Å². The predicted octanol–water partition coefficient (Wildman–Crippen LogP) is -0.187. The molecule has 1 atom stereocenters. The second-order valence-corrected chi connectivity index (χ2v) is 7.19. The molecule has 0 spiro atoms. The van der Waals surface area contributed by atoms with Crippen LogP contribution in [0.1, 0.15) is 12.2 Å². The molecule has 3 rings (SSSR count). The van der Waals surface area contributed by atoms with Crippen LogP contribution in [0.4, 0.5) is 0 Å². The smallest absolute Gasteiger partial charge is 0.260 e. The lowest BCUT2D eigenvalue weighted by Gasteiger charge is -2.31. The molecule has 7 nitrogen and oxygen atoms in total. The van der Waals surface area contributed by atoms with Crippen molar-refractivity contribution in [3.05, 3.63) is 12.0 Å². The number of imidazole rings is 1. The number of ether oxygens (including phenoxy) is 1. The minimum absolute atomic E-state index is 0.192. The minimum atomic E-state index is -3.43. The summed E-state index contributed by atoms with van der Waals surface area (Å²) in [6, 6.07) is 0.303. The third-order valence-electron chi connectivity index (χ3n) is 3.99. The number of hydrogen-bond acceptors (Lipinski definition) is 5. The van der Waals surface area contributed by atoms with E-state index in [9.17, 15) is 8.42 Å². The van der Waals surface area contributed by atoms with E-state index in [0.717, 1.165) is 32.7 Å². The number of sulfonamides is 1. The molecule has 112 valence electrons. The normalized spacial score (nSPS) is 26.1. The number of nitrogens with one attached hydrogen (secondary N) is 1. The van der Waals surface area contributed by atoms with E-state index in [0.29, 0.717) is 25.0 Å². The molecule has 1 aromatic rings. The summed E-state index contributed by atoms with van der Waals surface area (Å²) in [7, 11) is -3.43. The first-order valence-electron chi connectivity index (χ1n) is 6.91. The van der Waals surface area contributed by atoms with Crippen molar-refractivity contribution in [3.63, 3.8) is 0 Å². The lowest BCUT2D eigenvalue weighted by atomic mass is 10.2. The molecule has 2 aliphatic heterocycles. The number of aryl methyl sites for hydroxylation is 1. The van der Waals surface area contributed by atoms with Gasteiger partial charge in [0, 0.05) is 32.2 Å². The molecule has 2 fully saturated rings. The van der Waals surface area contributed by atoms with Crippen molar-refractivity contribution >= 4 is 10.0 Å². The van der Waals surface area contributed by atoms with E-state index in [2.05, 4.69) is 14.9 Å². The fourth-order valence-electron chi connectivity index (χ4n) is 2.84. The van der Waals surface area contributed by atoms with Crippen LogP contribution in [0.5, 0.6) is 0 Å². The topological polar surface area (TPSA) is 78.5 Å². The van der Waals surface area contributed by atoms with Gasteiger partial charge in [-0.2, -0.15) is 4.31 Å². The van der Waals surface area contributed by atoms with Gasteiger partial charge < -0.3 is 9.72 Å². The summed E-state index contributed by atoms with van der Waals surface area (Å²) in [4.78, 5) is 9.12. The predicted molar refractivity (Wildman–Crippen MR) is 72.9 cm³/mol. The highest BCUT2D eigenvalue weighted by Crippen LogP contribution is 2.23. The fourth-order valence-corrected chi connectivity index (χ4v) is 4.29. The minimum Gasteiger partial charge on any atom is -0.379 e. The third kappa shape index (κ3) is 2.60. The Labute approximate surface area is 119 Å². The molecule has 0 radical (unpaired) electrons. The van der Waals surface area contributed by atoms with E-state index >= 15 is 0 Å². The van der Waals surface area contributed by atoms with Crippen LogP contribution in [0, 0.1) is 6.92 Å². The van der Waals surface area contributed by atoms with E-state index in [1.165, 1.54) is 6.20 Å². The summed E-state index contributed by atoms with van der Waals surface area (Å²) in [6.07, 6.45) is 2.28. The second-order valence-electron chi connectivity index (χ2n) is 5.29. The molecule has 1 N–H and O–H groups in total. The largest absolute Gasteiger partial charge is 0.379 e. The standard InChI is InChI=1S/C12H20N4O3S/c1-10-13-8-12(14-10)20(17,18)16-3-2-11(9-16)15-4-6-19-7-5-15/h8,11H,2-7,9H2,1H3,(H,13,14). The molecular weight excluding hydrogens is 280 g/mol. The number of nitrogens with zero attached hydrogens (tertiary/aromatic N) is 3. The maximum absolute atomic E-state index is 12.5. The molecule has 2 aliphatic rings. The summed E-state index contributed by atoms with van der Waals surface area (Å²) in [6.45, 7) is 6.14. The van der Waals surface area contributed by atoms with E-state index in [-0.39, 0.29) is 5.03 Å². The second kappa shape index (κ2) is 5.44. The van der Waals surface area contributed by atoms with Gasteiger partial charge in [-0.3, -0.25) is 4.90 Å². The van der Waals surface area contributed by atoms with Crippen LogP contribution in [-0.2, 0) is 14.8 Å². The van der Waals surface area contributed by atoms with Crippen LogP contribution in [0.25, 0.3) is 0 Å². The van der Waals surface area contributed by atoms with Crippen LogP contribution < -0.4 is 0 Å². The quantitative estimate of drug-likeness (QED) is 0.837. The molecule has 1 aromatic heterocycles. The van der Waals surface area contributed by atoms with Gasteiger partial charge in [-0.05, 0) is 13.3 Å². The Morgan fingerprint density at radius 1 is 1.35 bits per heavy atom. The molecule has 0 amide bonds. The van der Waals surface area contributed by atoms with Gasteiger partial charge in [0.15, 0.2) is 5.03 Å². The summed E-state index contributed by atoms with van der Waals surface area (Å²) < 4.78 is 31.9. The van der Waals surface area contributed by atoms with Gasteiger partial charge >= 0.3 is 0 Å². The Balaban J connectivity index is 1.70. The first kappa shape index (κ1) is 14.0. The van der Waals surface area contributed by atoms with Crippen molar-refractivity contribution < 1.29 is 13.2 Å². The van der Waals surface area contributed by atoms with Gasteiger partial charge in [0.1, 0.15) is 5.82 Å². The zero-order chi connectivity index (χ0) is 14.2. The van der Waals surface area contributed by atoms with Crippen molar-refractivity contribution in [2.45, 2.75) is 24.4 Å².